The third-order valence-corrected chi connectivity index (χ3v) is 7.69. The van der Waals surface area contributed by atoms with E-state index in [0.29, 0.717) is 6.42 Å². The predicted octanol–water partition coefficient (Wildman–Crippen LogP) is 6.67. The molecule has 1 aliphatic rings. The molecule has 2 aromatic carbocycles. The average Bonchev–Trinajstić information content (AvgIpc) is 3.25. The molecular weight excluding hydrogens is 465 g/mol. The highest BCUT2D eigenvalue weighted by Gasteiger charge is 2.47. The number of benzene rings is 2. The maximum absolute atomic E-state index is 14.0. The van der Waals surface area contributed by atoms with Crippen LogP contribution in [0.5, 0.6) is 0 Å². The SMILES string of the molecule is CC(C)CC(=O)O[C@]1(CCN(C)CCCc2nc3ccccc3[nH]2)CCc2cc(F)ccc2[C@@H]1C(C)C. The van der Waals surface area contributed by atoms with Gasteiger partial charge in [0.1, 0.15) is 17.2 Å². The fourth-order valence-corrected chi connectivity index (χ4v) is 6.03. The Morgan fingerprint density at radius 2 is 1.97 bits per heavy atom. The van der Waals surface area contributed by atoms with E-state index in [1.54, 1.807) is 12.1 Å². The number of nitrogens with one attached hydrogen (secondary N) is 1. The molecule has 2 atom stereocenters. The average molecular weight is 508 g/mol. The molecule has 1 heterocycles. The summed E-state index contributed by atoms with van der Waals surface area (Å²) in [4.78, 5) is 23.4. The smallest absolute Gasteiger partial charge is 0.306 e. The number of fused-ring (bicyclic) bond motifs is 2. The second-order valence-electron chi connectivity index (χ2n) is 11.6. The second kappa shape index (κ2) is 11.8. The summed E-state index contributed by atoms with van der Waals surface area (Å²) in [6, 6.07) is 13.2. The molecule has 0 aliphatic heterocycles. The first-order valence-corrected chi connectivity index (χ1v) is 13.8. The third kappa shape index (κ3) is 6.59. The lowest BCUT2D eigenvalue weighted by atomic mass is 9.65. The first-order chi connectivity index (χ1) is 17.7. The largest absolute Gasteiger partial charge is 0.458 e. The van der Waals surface area contributed by atoms with Gasteiger partial charge in [-0.25, -0.2) is 9.37 Å². The number of hydrogen-bond acceptors (Lipinski definition) is 4. The fraction of sp³-hybridized carbons (Fsp3) is 0.548. The molecule has 0 saturated heterocycles. The van der Waals surface area contributed by atoms with Crippen LogP contribution >= 0.6 is 0 Å². The normalized spacial score (nSPS) is 19.6. The van der Waals surface area contributed by atoms with Crippen molar-refractivity contribution in [3.05, 3.63) is 65.2 Å². The number of esters is 1. The van der Waals surface area contributed by atoms with Crippen LogP contribution in [0.25, 0.3) is 11.0 Å². The van der Waals surface area contributed by atoms with Gasteiger partial charge < -0.3 is 14.6 Å². The first kappa shape index (κ1) is 27.3. The number of nitrogens with zero attached hydrogens (tertiary/aromatic N) is 2. The van der Waals surface area contributed by atoms with Crippen LogP contribution in [0, 0.1) is 17.7 Å². The quantitative estimate of drug-likeness (QED) is 0.295. The fourth-order valence-electron chi connectivity index (χ4n) is 6.03. The highest BCUT2D eigenvalue weighted by Crippen LogP contribution is 2.48. The van der Waals surface area contributed by atoms with Crippen molar-refractivity contribution in [1.29, 1.82) is 0 Å². The van der Waals surface area contributed by atoms with E-state index in [9.17, 15) is 9.18 Å². The highest BCUT2D eigenvalue weighted by atomic mass is 19.1. The van der Waals surface area contributed by atoms with Crippen molar-refractivity contribution >= 4 is 17.0 Å². The Kier molecular flexibility index (Phi) is 8.68. The minimum Gasteiger partial charge on any atom is -0.458 e. The summed E-state index contributed by atoms with van der Waals surface area (Å²) in [6.07, 6.45) is 4.51. The van der Waals surface area contributed by atoms with Crippen LogP contribution < -0.4 is 0 Å². The second-order valence-corrected chi connectivity index (χ2v) is 11.6. The number of carbonyl (C=O) groups is 1. The van der Waals surface area contributed by atoms with E-state index in [4.69, 9.17) is 9.72 Å². The van der Waals surface area contributed by atoms with Crippen molar-refractivity contribution in [2.45, 2.75) is 77.7 Å². The van der Waals surface area contributed by atoms with Crippen molar-refractivity contribution in [1.82, 2.24) is 14.9 Å². The zero-order valence-electron chi connectivity index (χ0n) is 23.0. The Hall–Kier alpha value is -2.73. The summed E-state index contributed by atoms with van der Waals surface area (Å²) >= 11 is 0. The van der Waals surface area contributed by atoms with Crippen molar-refractivity contribution in [2.24, 2.45) is 11.8 Å². The van der Waals surface area contributed by atoms with Gasteiger partial charge in [-0.2, -0.15) is 0 Å². The number of H-pyrrole nitrogens is 1. The van der Waals surface area contributed by atoms with Gasteiger partial charge >= 0.3 is 5.97 Å². The van der Waals surface area contributed by atoms with Crippen LogP contribution in [0.15, 0.2) is 42.5 Å². The molecule has 4 rings (SSSR count). The molecule has 0 saturated carbocycles. The van der Waals surface area contributed by atoms with E-state index in [-0.39, 0.29) is 29.5 Å². The molecule has 0 unspecified atom stereocenters. The maximum Gasteiger partial charge on any atom is 0.306 e. The molecule has 5 nitrogen and oxygen atoms in total. The highest BCUT2D eigenvalue weighted by molar-refractivity contribution is 5.74. The van der Waals surface area contributed by atoms with E-state index in [2.05, 4.69) is 36.8 Å². The number of aromatic nitrogens is 2. The van der Waals surface area contributed by atoms with Gasteiger partial charge in [-0.05, 0) is 80.1 Å². The van der Waals surface area contributed by atoms with E-state index in [1.807, 2.05) is 38.1 Å². The summed E-state index contributed by atoms with van der Waals surface area (Å²) in [5.41, 5.74) is 3.68. The molecule has 200 valence electrons. The van der Waals surface area contributed by atoms with Gasteiger partial charge in [0.25, 0.3) is 0 Å². The Labute approximate surface area is 220 Å². The van der Waals surface area contributed by atoms with Crippen LogP contribution in [0.2, 0.25) is 0 Å². The number of halogens is 1. The molecule has 0 bridgehead atoms. The number of para-hydroxylation sites is 2. The lowest BCUT2D eigenvalue weighted by Crippen LogP contribution is -2.48. The molecule has 3 aromatic rings. The Bertz CT molecular complexity index is 1170. The number of aryl methyl sites for hydroxylation is 2. The van der Waals surface area contributed by atoms with Gasteiger partial charge in [-0.1, -0.05) is 45.9 Å². The van der Waals surface area contributed by atoms with Crippen molar-refractivity contribution < 1.29 is 13.9 Å². The van der Waals surface area contributed by atoms with Gasteiger partial charge in [0.2, 0.25) is 0 Å². The van der Waals surface area contributed by atoms with Crippen LogP contribution in [-0.2, 0) is 22.4 Å². The Balaban J connectivity index is 1.45. The number of carbonyl (C=O) groups excluding carboxylic acids is 1. The Morgan fingerprint density at radius 1 is 1.19 bits per heavy atom. The van der Waals surface area contributed by atoms with E-state index >= 15 is 0 Å². The maximum atomic E-state index is 14.0. The van der Waals surface area contributed by atoms with Gasteiger partial charge in [0.05, 0.1) is 11.0 Å². The lowest BCUT2D eigenvalue weighted by molar-refractivity contribution is -0.168. The number of imidazole rings is 1. The molecule has 0 fully saturated rings. The predicted molar refractivity (Wildman–Crippen MR) is 147 cm³/mol. The van der Waals surface area contributed by atoms with Gasteiger partial charge in [0, 0.05) is 31.7 Å². The minimum atomic E-state index is -0.585. The molecule has 6 heteroatoms. The third-order valence-electron chi connectivity index (χ3n) is 7.69. The van der Waals surface area contributed by atoms with Gasteiger partial charge in [0.15, 0.2) is 0 Å². The van der Waals surface area contributed by atoms with Gasteiger partial charge in [-0.3, -0.25) is 4.79 Å². The summed E-state index contributed by atoms with van der Waals surface area (Å²) in [5.74, 6) is 1.23. The Morgan fingerprint density at radius 3 is 2.70 bits per heavy atom. The molecule has 0 spiro atoms. The molecular formula is C31H42FN3O2. The van der Waals surface area contributed by atoms with Crippen LogP contribution in [0.3, 0.4) is 0 Å². The number of ether oxygens (including phenoxy) is 1. The van der Waals surface area contributed by atoms with Gasteiger partial charge in [-0.15, -0.1) is 0 Å². The van der Waals surface area contributed by atoms with Crippen LogP contribution in [0.4, 0.5) is 4.39 Å². The summed E-state index contributed by atoms with van der Waals surface area (Å²) in [7, 11) is 2.14. The van der Waals surface area contributed by atoms with E-state index < -0.39 is 5.60 Å². The molecule has 1 N–H and O–H groups in total. The molecule has 1 aromatic heterocycles. The monoisotopic (exact) mass is 507 g/mol. The summed E-state index contributed by atoms with van der Waals surface area (Å²) in [5, 5.41) is 0. The molecule has 37 heavy (non-hydrogen) atoms. The van der Waals surface area contributed by atoms with Crippen molar-refractivity contribution in [2.75, 3.05) is 20.1 Å². The van der Waals surface area contributed by atoms with E-state index in [0.717, 1.165) is 73.2 Å². The number of aromatic amines is 1. The summed E-state index contributed by atoms with van der Waals surface area (Å²) < 4.78 is 20.5. The zero-order valence-corrected chi connectivity index (χ0v) is 23.0. The molecule has 0 radical (unpaired) electrons. The topological polar surface area (TPSA) is 58.2 Å². The standard InChI is InChI=1S/C31H42FN3O2/c1-21(2)19-29(36)37-31(15-14-23-20-24(32)12-13-25(23)30(31)22(3)4)16-18-35(5)17-8-11-28-33-26-9-6-7-10-27(26)34-28/h6-7,9-10,12-13,20-22,30H,8,11,14-19H2,1-5H3,(H,33,34)/t30-,31-/m0/s1. The minimum absolute atomic E-state index is 0.0388. The van der Waals surface area contributed by atoms with Crippen molar-refractivity contribution in [3.63, 3.8) is 0 Å². The van der Waals surface area contributed by atoms with E-state index in [1.165, 1.54) is 0 Å². The van der Waals surface area contributed by atoms with Crippen molar-refractivity contribution in [3.8, 4) is 0 Å². The molecule has 0 amide bonds. The van der Waals surface area contributed by atoms with Crippen LogP contribution in [-0.4, -0.2) is 46.6 Å². The summed E-state index contributed by atoms with van der Waals surface area (Å²) in [6.45, 7) is 10.2. The number of hydrogen-bond donors (Lipinski definition) is 1. The lowest BCUT2D eigenvalue weighted by Gasteiger charge is -2.47. The van der Waals surface area contributed by atoms with Crippen LogP contribution in [0.1, 0.15) is 76.2 Å². The first-order valence-electron chi connectivity index (χ1n) is 13.8. The number of rotatable bonds is 11. The zero-order chi connectivity index (χ0) is 26.6. The molecule has 1 aliphatic carbocycles.